The van der Waals surface area contributed by atoms with E-state index in [-0.39, 0.29) is 5.75 Å². The van der Waals surface area contributed by atoms with Crippen molar-refractivity contribution in [2.75, 3.05) is 0 Å². The third-order valence-electron chi connectivity index (χ3n) is 5.80. The lowest BCUT2D eigenvalue weighted by molar-refractivity contribution is -0.130. The van der Waals surface area contributed by atoms with E-state index in [9.17, 15) is 15.0 Å². The summed E-state index contributed by atoms with van der Waals surface area (Å²) in [5.74, 6) is 3.93. The van der Waals surface area contributed by atoms with Crippen molar-refractivity contribution in [2.24, 2.45) is 0 Å². The third-order valence-corrected chi connectivity index (χ3v) is 6.10. The van der Waals surface area contributed by atoms with Crippen LogP contribution in [0.3, 0.4) is 0 Å². The van der Waals surface area contributed by atoms with Gasteiger partial charge in [-0.05, 0) is 42.0 Å². The highest BCUT2D eigenvalue weighted by Crippen LogP contribution is 2.40. The van der Waals surface area contributed by atoms with E-state index in [4.69, 9.17) is 11.6 Å². The molecule has 0 fully saturated rings. The van der Waals surface area contributed by atoms with Crippen LogP contribution in [0, 0.1) is 11.8 Å². The fourth-order valence-electron chi connectivity index (χ4n) is 4.24. The Balaban J connectivity index is 2.14. The van der Waals surface area contributed by atoms with Gasteiger partial charge in [-0.1, -0.05) is 83.4 Å². The second-order valence-electron chi connectivity index (χ2n) is 9.57. The molecule has 0 unspecified atom stereocenters. The number of rotatable bonds is 8. The van der Waals surface area contributed by atoms with Crippen molar-refractivity contribution < 1.29 is 15.0 Å². The largest absolute Gasteiger partial charge is 0.505 e. The van der Waals surface area contributed by atoms with Gasteiger partial charge in [0.1, 0.15) is 22.5 Å². The molecule has 0 spiro atoms. The minimum Gasteiger partial charge on any atom is -0.505 e. The number of hydrogen-bond acceptors (Lipinski definition) is 4. The van der Waals surface area contributed by atoms with Gasteiger partial charge < -0.3 is 10.2 Å². The Morgan fingerprint density at radius 1 is 1.12 bits per heavy atom. The number of halogens is 1. The normalized spacial score (nSPS) is 11.4. The van der Waals surface area contributed by atoms with Crippen LogP contribution in [0.15, 0.2) is 24.3 Å². The van der Waals surface area contributed by atoms with Gasteiger partial charge in [0.2, 0.25) is 0 Å². The molecule has 0 aliphatic rings. The number of carbonyl (C=O) groups is 1. The maximum atomic E-state index is 11.4. The number of aromatic hydroxyl groups is 1. The Labute approximate surface area is 205 Å². The molecule has 3 aromatic rings. The Morgan fingerprint density at radius 3 is 2.47 bits per heavy atom. The van der Waals surface area contributed by atoms with E-state index in [1.54, 1.807) is 24.3 Å². The molecule has 0 saturated carbocycles. The molecule has 180 valence electrons. The number of phenolic OH excluding ortho intramolecular Hbond substituents is 1. The summed E-state index contributed by atoms with van der Waals surface area (Å²) < 4.78 is 0. The lowest BCUT2D eigenvalue weighted by Crippen LogP contribution is -2.18. The van der Waals surface area contributed by atoms with E-state index >= 15 is 0 Å². The lowest BCUT2D eigenvalue weighted by Gasteiger charge is -2.26. The number of nitrogens with zero attached hydrogens (tertiary/aromatic N) is 3. The SMILES string of the molecule is CCCCCCCCc1c(C#CC(=O)O)cc(-n2nc3cccc(Cl)c3n2)c(O)c1C(C)(C)C. The molecule has 3 rings (SSSR count). The number of aromatic nitrogens is 3. The highest BCUT2D eigenvalue weighted by Gasteiger charge is 2.28. The van der Waals surface area contributed by atoms with Crippen molar-refractivity contribution >= 4 is 28.6 Å². The molecule has 0 radical (unpaired) electrons. The maximum Gasteiger partial charge on any atom is 0.382 e. The molecule has 2 aromatic carbocycles. The van der Waals surface area contributed by atoms with Gasteiger partial charge in [0.05, 0.1) is 5.02 Å². The number of phenols is 1. The number of carboxylic acids is 1. The predicted octanol–water partition coefficient (Wildman–Crippen LogP) is 6.42. The first kappa shape index (κ1) is 25.6. The molecule has 7 heteroatoms. The Kier molecular flexibility index (Phi) is 8.22. The lowest BCUT2D eigenvalue weighted by atomic mass is 9.79. The summed E-state index contributed by atoms with van der Waals surface area (Å²) in [6.45, 7) is 8.26. The van der Waals surface area contributed by atoms with Crippen molar-refractivity contribution in [3.8, 4) is 23.3 Å². The molecule has 34 heavy (non-hydrogen) atoms. The van der Waals surface area contributed by atoms with Crippen molar-refractivity contribution in [1.82, 2.24) is 15.0 Å². The fourth-order valence-corrected chi connectivity index (χ4v) is 4.45. The number of unbranched alkanes of at least 4 members (excludes halogenated alkanes) is 5. The van der Waals surface area contributed by atoms with Crippen LogP contribution in [-0.4, -0.2) is 31.2 Å². The van der Waals surface area contributed by atoms with Crippen molar-refractivity contribution in [1.29, 1.82) is 0 Å². The molecule has 1 aromatic heterocycles. The van der Waals surface area contributed by atoms with Gasteiger partial charge in [0.25, 0.3) is 0 Å². The van der Waals surface area contributed by atoms with Gasteiger partial charge in [0.15, 0.2) is 0 Å². The molecule has 6 nitrogen and oxygen atoms in total. The molecule has 0 bridgehead atoms. The number of aliphatic carboxylic acids is 1. The van der Waals surface area contributed by atoms with E-state index < -0.39 is 11.4 Å². The second-order valence-corrected chi connectivity index (χ2v) is 9.97. The molecule has 0 saturated heterocycles. The van der Waals surface area contributed by atoms with E-state index in [2.05, 4.69) is 29.0 Å². The zero-order chi connectivity index (χ0) is 24.9. The van der Waals surface area contributed by atoms with Crippen LogP contribution in [-0.2, 0) is 16.6 Å². The summed E-state index contributed by atoms with van der Waals surface area (Å²) in [6, 6.07) is 7.00. The van der Waals surface area contributed by atoms with Crippen LogP contribution in [0.25, 0.3) is 16.7 Å². The average Bonchev–Trinajstić information content (AvgIpc) is 3.20. The van der Waals surface area contributed by atoms with E-state index in [0.717, 1.165) is 30.4 Å². The fraction of sp³-hybridized carbons (Fsp3) is 0.444. The minimum absolute atomic E-state index is 0.0748. The summed E-state index contributed by atoms with van der Waals surface area (Å²) in [5.41, 5.74) is 3.24. The van der Waals surface area contributed by atoms with Gasteiger partial charge in [-0.25, -0.2) is 4.79 Å². The van der Waals surface area contributed by atoms with Gasteiger partial charge >= 0.3 is 5.97 Å². The predicted molar refractivity (Wildman–Crippen MR) is 136 cm³/mol. The minimum atomic E-state index is -1.20. The molecule has 0 atom stereocenters. The monoisotopic (exact) mass is 481 g/mol. The van der Waals surface area contributed by atoms with Crippen LogP contribution in [0.2, 0.25) is 5.02 Å². The molecule has 0 aliphatic carbocycles. The first-order valence-electron chi connectivity index (χ1n) is 11.8. The molecule has 0 amide bonds. The van der Waals surface area contributed by atoms with E-state index in [1.165, 1.54) is 24.1 Å². The standard InChI is InChI=1S/C27H32ClN3O3/c1-5-6-7-8-9-10-12-19-18(15-16-23(32)33)17-22(26(34)24(19)27(2,3)4)31-29-21-14-11-13-20(28)25(21)30-31/h11,13-14,17,34H,5-10,12H2,1-4H3,(H,32,33). The Bertz CT molecular complexity index is 1250. The Hall–Kier alpha value is -3.04. The summed E-state index contributed by atoms with van der Waals surface area (Å²) in [5, 5.41) is 30.1. The summed E-state index contributed by atoms with van der Waals surface area (Å²) >= 11 is 6.28. The average molecular weight is 482 g/mol. The van der Waals surface area contributed by atoms with Crippen molar-refractivity contribution in [3.05, 3.63) is 46.0 Å². The summed E-state index contributed by atoms with van der Waals surface area (Å²) in [4.78, 5) is 12.6. The topological polar surface area (TPSA) is 88.2 Å². The molecule has 0 aliphatic heterocycles. The number of hydrogen-bond donors (Lipinski definition) is 2. The molecule has 1 heterocycles. The van der Waals surface area contributed by atoms with Crippen LogP contribution in [0.5, 0.6) is 5.75 Å². The van der Waals surface area contributed by atoms with E-state index in [0.29, 0.717) is 33.7 Å². The smallest absolute Gasteiger partial charge is 0.382 e. The molecule has 2 N–H and O–H groups in total. The molecular formula is C27H32ClN3O3. The quantitative estimate of drug-likeness (QED) is 0.286. The van der Waals surface area contributed by atoms with Gasteiger partial charge in [-0.3, -0.25) is 0 Å². The first-order valence-corrected chi connectivity index (χ1v) is 12.2. The highest BCUT2D eigenvalue weighted by molar-refractivity contribution is 6.34. The second kappa shape index (κ2) is 10.9. The zero-order valence-electron chi connectivity index (χ0n) is 20.3. The molecular weight excluding hydrogens is 450 g/mol. The first-order chi connectivity index (χ1) is 16.1. The van der Waals surface area contributed by atoms with Crippen LogP contribution in [0.1, 0.15) is 82.9 Å². The van der Waals surface area contributed by atoms with Crippen molar-refractivity contribution in [2.45, 2.75) is 78.1 Å². The van der Waals surface area contributed by atoms with Gasteiger partial charge in [-0.15, -0.1) is 15.0 Å². The summed E-state index contributed by atoms with van der Waals surface area (Å²) in [6.07, 6.45) is 7.50. The van der Waals surface area contributed by atoms with Gasteiger partial charge in [-0.2, -0.15) is 0 Å². The van der Waals surface area contributed by atoms with Crippen LogP contribution in [0.4, 0.5) is 0 Å². The van der Waals surface area contributed by atoms with Gasteiger partial charge in [0, 0.05) is 17.0 Å². The number of benzene rings is 2. The number of fused-ring (bicyclic) bond motifs is 1. The number of carboxylic acid groups (broad SMARTS) is 1. The van der Waals surface area contributed by atoms with Crippen molar-refractivity contribution in [3.63, 3.8) is 0 Å². The Morgan fingerprint density at radius 2 is 1.82 bits per heavy atom. The zero-order valence-corrected chi connectivity index (χ0v) is 21.0. The van der Waals surface area contributed by atoms with E-state index in [1.807, 2.05) is 20.8 Å². The highest BCUT2D eigenvalue weighted by atomic mass is 35.5. The summed E-state index contributed by atoms with van der Waals surface area (Å²) in [7, 11) is 0. The van der Waals surface area contributed by atoms with Crippen LogP contribution >= 0.6 is 11.6 Å². The maximum absolute atomic E-state index is 11.4. The van der Waals surface area contributed by atoms with Crippen LogP contribution < -0.4 is 0 Å². The third kappa shape index (κ3) is 5.90.